The summed E-state index contributed by atoms with van der Waals surface area (Å²) >= 11 is 0. The minimum Gasteiger partial charge on any atom is -0.378 e. The molecule has 2 unspecified atom stereocenters. The summed E-state index contributed by atoms with van der Waals surface area (Å²) in [5, 5.41) is 0. The molecule has 20 heavy (non-hydrogen) atoms. The minimum absolute atomic E-state index is 0.448. The molecule has 3 rings (SSSR count). The van der Waals surface area contributed by atoms with Crippen molar-refractivity contribution >= 4 is 0 Å². The van der Waals surface area contributed by atoms with Crippen LogP contribution in [-0.4, -0.2) is 12.7 Å². The normalized spacial score (nSPS) is 22.0. The molecular formula is C19H22O. The highest BCUT2D eigenvalue weighted by atomic mass is 16.5. The van der Waals surface area contributed by atoms with Gasteiger partial charge in [0.05, 0.1) is 12.7 Å². The average Bonchev–Trinajstić information content (AvgIpc) is 2.95. The Kier molecular flexibility index (Phi) is 4.49. The van der Waals surface area contributed by atoms with Crippen LogP contribution in [-0.2, 0) is 17.6 Å². The summed E-state index contributed by atoms with van der Waals surface area (Å²) in [6.45, 7) is 0.925. The van der Waals surface area contributed by atoms with E-state index in [2.05, 4.69) is 60.7 Å². The summed E-state index contributed by atoms with van der Waals surface area (Å²) in [7, 11) is 0. The molecule has 0 amide bonds. The lowest BCUT2D eigenvalue weighted by Gasteiger charge is -2.09. The third-order valence-corrected chi connectivity index (χ3v) is 4.13. The average molecular weight is 266 g/mol. The van der Waals surface area contributed by atoms with E-state index in [-0.39, 0.29) is 0 Å². The maximum absolute atomic E-state index is 5.96. The molecule has 2 atom stereocenters. The Balaban J connectivity index is 1.45. The van der Waals surface area contributed by atoms with Crippen molar-refractivity contribution in [3.63, 3.8) is 0 Å². The van der Waals surface area contributed by atoms with Crippen LogP contribution in [0.1, 0.15) is 24.0 Å². The number of ether oxygens (including phenoxy) is 1. The molecule has 0 N–H and O–H groups in total. The highest BCUT2D eigenvalue weighted by molar-refractivity contribution is 5.16. The first kappa shape index (κ1) is 13.4. The van der Waals surface area contributed by atoms with E-state index < -0.39 is 0 Å². The van der Waals surface area contributed by atoms with E-state index in [0.717, 1.165) is 25.9 Å². The zero-order chi connectivity index (χ0) is 13.6. The van der Waals surface area contributed by atoms with Crippen molar-refractivity contribution in [3.05, 3.63) is 71.8 Å². The molecule has 0 saturated carbocycles. The molecule has 2 aromatic rings. The molecule has 1 heterocycles. The van der Waals surface area contributed by atoms with Crippen molar-refractivity contribution in [3.8, 4) is 0 Å². The van der Waals surface area contributed by atoms with Crippen LogP contribution in [0.2, 0.25) is 0 Å². The van der Waals surface area contributed by atoms with Crippen molar-refractivity contribution in [1.29, 1.82) is 0 Å². The van der Waals surface area contributed by atoms with Crippen LogP contribution in [0.4, 0.5) is 0 Å². The molecule has 0 aromatic heterocycles. The molecule has 1 nitrogen and oxygen atoms in total. The molecule has 0 aliphatic carbocycles. The van der Waals surface area contributed by atoms with Crippen molar-refractivity contribution in [2.24, 2.45) is 5.92 Å². The van der Waals surface area contributed by atoms with E-state index in [0.29, 0.717) is 12.0 Å². The monoisotopic (exact) mass is 266 g/mol. The maximum Gasteiger partial charge on any atom is 0.0582 e. The quantitative estimate of drug-likeness (QED) is 0.785. The van der Waals surface area contributed by atoms with E-state index in [1.165, 1.54) is 17.5 Å². The number of hydrogen-bond acceptors (Lipinski definition) is 1. The lowest BCUT2D eigenvalue weighted by Crippen LogP contribution is -2.07. The first-order valence-corrected chi connectivity index (χ1v) is 7.59. The molecular weight excluding hydrogens is 244 g/mol. The van der Waals surface area contributed by atoms with Gasteiger partial charge in [-0.2, -0.15) is 0 Å². The molecule has 1 aliphatic rings. The van der Waals surface area contributed by atoms with Gasteiger partial charge in [0.15, 0.2) is 0 Å². The summed E-state index contributed by atoms with van der Waals surface area (Å²) in [4.78, 5) is 0. The van der Waals surface area contributed by atoms with Gasteiger partial charge in [-0.1, -0.05) is 60.7 Å². The van der Waals surface area contributed by atoms with E-state index >= 15 is 0 Å². The molecule has 104 valence electrons. The second-order valence-corrected chi connectivity index (χ2v) is 5.77. The fraction of sp³-hybridized carbons (Fsp3) is 0.368. The van der Waals surface area contributed by atoms with Crippen LogP contribution < -0.4 is 0 Å². The van der Waals surface area contributed by atoms with E-state index in [1.54, 1.807) is 0 Å². The second-order valence-electron chi connectivity index (χ2n) is 5.77. The topological polar surface area (TPSA) is 9.23 Å². The van der Waals surface area contributed by atoms with E-state index in [9.17, 15) is 0 Å². The number of aryl methyl sites for hydroxylation is 1. The maximum atomic E-state index is 5.96. The van der Waals surface area contributed by atoms with Crippen molar-refractivity contribution in [2.75, 3.05) is 6.61 Å². The Morgan fingerprint density at radius 2 is 1.50 bits per heavy atom. The SMILES string of the molecule is c1ccc(CCC2CC(Cc3ccccc3)CO2)cc1. The van der Waals surface area contributed by atoms with Crippen LogP contribution in [0, 0.1) is 5.92 Å². The molecule has 0 spiro atoms. The summed E-state index contributed by atoms with van der Waals surface area (Å²) in [5.74, 6) is 0.693. The summed E-state index contributed by atoms with van der Waals surface area (Å²) < 4.78 is 5.96. The lowest BCUT2D eigenvalue weighted by molar-refractivity contribution is 0.100. The minimum atomic E-state index is 0.448. The number of rotatable bonds is 5. The highest BCUT2D eigenvalue weighted by Crippen LogP contribution is 2.26. The van der Waals surface area contributed by atoms with Gasteiger partial charge in [0.1, 0.15) is 0 Å². The highest BCUT2D eigenvalue weighted by Gasteiger charge is 2.25. The van der Waals surface area contributed by atoms with Gasteiger partial charge in [0, 0.05) is 0 Å². The standard InChI is InChI=1S/C19H22O/c1-3-7-16(8-4-1)11-12-19-14-18(15-20-19)13-17-9-5-2-6-10-17/h1-10,18-19H,11-15H2. The smallest absolute Gasteiger partial charge is 0.0582 e. The Morgan fingerprint density at radius 1 is 0.850 bits per heavy atom. The fourth-order valence-electron chi connectivity index (χ4n) is 3.04. The largest absolute Gasteiger partial charge is 0.378 e. The van der Waals surface area contributed by atoms with Gasteiger partial charge in [-0.25, -0.2) is 0 Å². The van der Waals surface area contributed by atoms with Crippen LogP contribution in [0.25, 0.3) is 0 Å². The van der Waals surface area contributed by atoms with Gasteiger partial charge in [-0.3, -0.25) is 0 Å². The Hall–Kier alpha value is -1.60. The number of benzene rings is 2. The van der Waals surface area contributed by atoms with Gasteiger partial charge in [-0.05, 0) is 42.7 Å². The zero-order valence-corrected chi connectivity index (χ0v) is 11.9. The van der Waals surface area contributed by atoms with Crippen molar-refractivity contribution < 1.29 is 4.74 Å². The molecule has 1 heteroatoms. The second kappa shape index (κ2) is 6.71. The van der Waals surface area contributed by atoms with Gasteiger partial charge in [0.25, 0.3) is 0 Å². The summed E-state index contributed by atoms with van der Waals surface area (Å²) in [6, 6.07) is 21.5. The van der Waals surface area contributed by atoms with E-state index in [4.69, 9.17) is 4.74 Å². The van der Waals surface area contributed by atoms with Gasteiger partial charge < -0.3 is 4.74 Å². The Morgan fingerprint density at radius 3 is 2.20 bits per heavy atom. The third kappa shape index (κ3) is 3.71. The van der Waals surface area contributed by atoms with Gasteiger partial charge in [0.2, 0.25) is 0 Å². The zero-order valence-electron chi connectivity index (χ0n) is 11.9. The first-order valence-electron chi connectivity index (χ1n) is 7.59. The molecule has 1 aliphatic heterocycles. The van der Waals surface area contributed by atoms with Crippen LogP contribution in [0.5, 0.6) is 0 Å². The van der Waals surface area contributed by atoms with Gasteiger partial charge >= 0.3 is 0 Å². The third-order valence-electron chi connectivity index (χ3n) is 4.13. The summed E-state index contributed by atoms with van der Waals surface area (Å²) in [6.07, 6.45) is 5.09. The van der Waals surface area contributed by atoms with Crippen LogP contribution in [0.3, 0.4) is 0 Å². The summed E-state index contributed by atoms with van der Waals surface area (Å²) in [5.41, 5.74) is 2.85. The molecule has 0 radical (unpaired) electrons. The Labute approximate surface area is 121 Å². The van der Waals surface area contributed by atoms with E-state index in [1.807, 2.05) is 0 Å². The van der Waals surface area contributed by atoms with Gasteiger partial charge in [-0.15, -0.1) is 0 Å². The van der Waals surface area contributed by atoms with Crippen molar-refractivity contribution in [2.45, 2.75) is 31.8 Å². The molecule has 1 saturated heterocycles. The Bertz CT molecular complexity index is 506. The fourth-order valence-corrected chi connectivity index (χ4v) is 3.04. The predicted octanol–water partition coefficient (Wildman–Crippen LogP) is 4.27. The lowest BCUT2D eigenvalue weighted by atomic mass is 9.95. The van der Waals surface area contributed by atoms with Crippen molar-refractivity contribution in [1.82, 2.24) is 0 Å². The van der Waals surface area contributed by atoms with Crippen LogP contribution >= 0.6 is 0 Å². The molecule has 1 fully saturated rings. The first-order chi connectivity index (χ1) is 9.90. The molecule has 0 bridgehead atoms. The number of hydrogen-bond donors (Lipinski definition) is 0. The predicted molar refractivity (Wildman–Crippen MR) is 82.8 cm³/mol. The molecule has 2 aromatic carbocycles. The van der Waals surface area contributed by atoms with Crippen LogP contribution in [0.15, 0.2) is 60.7 Å².